The Morgan fingerprint density at radius 2 is 0.826 bits per heavy atom. The largest absolute Gasteiger partial charge is 0.472 e. The van der Waals surface area contributed by atoms with E-state index >= 15 is 0 Å². The number of rotatable bonds is 55. The second-order valence-electron chi connectivity index (χ2n) is 21.7. The second-order valence-corrected chi connectivity index (χ2v) is 23.2. The summed E-state index contributed by atoms with van der Waals surface area (Å²) in [6.45, 7) is 4.84. The van der Waals surface area contributed by atoms with Gasteiger partial charge < -0.3 is 19.8 Å². The van der Waals surface area contributed by atoms with Crippen LogP contribution in [0.1, 0.15) is 290 Å². The van der Waals surface area contributed by atoms with E-state index in [-0.39, 0.29) is 19.1 Å². The van der Waals surface area contributed by atoms with Crippen molar-refractivity contribution in [2.24, 2.45) is 0 Å². The van der Waals surface area contributed by atoms with Crippen molar-refractivity contribution in [3.63, 3.8) is 0 Å². The van der Waals surface area contributed by atoms with Gasteiger partial charge in [0.05, 0.1) is 39.9 Å². The molecule has 3 N–H and O–H groups in total. The minimum absolute atomic E-state index is 0.0623. The zero-order valence-corrected chi connectivity index (χ0v) is 47.5. The lowest BCUT2D eigenvalue weighted by Gasteiger charge is -2.25. The molecule has 0 fully saturated rings. The molecule has 69 heavy (non-hydrogen) atoms. The molecule has 0 saturated heterocycles. The fourth-order valence-corrected chi connectivity index (χ4v) is 9.63. The molecule has 0 aromatic carbocycles. The quantitative estimate of drug-likeness (QED) is 0.0243. The molecular weight excluding hydrogens is 876 g/mol. The predicted molar refractivity (Wildman–Crippen MR) is 300 cm³/mol. The molecule has 408 valence electrons. The van der Waals surface area contributed by atoms with Gasteiger partial charge in [-0.2, -0.15) is 0 Å². The molecule has 1 amide bonds. The van der Waals surface area contributed by atoms with Gasteiger partial charge in [0, 0.05) is 6.42 Å². The van der Waals surface area contributed by atoms with Crippen LogP contribution in [0.15, 0.2) is 36.5 Å². The number of amides is 1. The topological polar surface area (TPSA) is 105 Å². The van der Waals surface area contributed by atoms with Gasteiger partial charge in [0.15, 0.2) is 0 Å². The number of likely N-dealkylation sites (N-methyl/N-ethyl adjacent to an activating group) is 1. The Labute approximate surface area is 429 Å². The number of nitrogens with one attached hydrogen (secondary N) is 1. The van der Waals surface area contributed by atoms with Gasteiger partial charge >= 0.3 is 7.82 Å². The smallest absolute Gasteiger partial charge is 0.387 e. The lowest BCUT2D eigenvalue weighted by Crippen LogP contribution is -2.45. The Morgan fingerprint density at radius 1 is 0.493 bits per heavy atom. The van der Waals surface area contributed by atoms with Crippen LogP contribution >= 0.6 is 7.82 Å². The maximum absolute atomic E-state index is 13.0. The first-order valence-electron chi connectivity index (χ1n) is 29.9. The molecule has 0 rings (SSSR count). The van der Waals surface area contributed by atoms with Crippen LogP contribution in [0.3, 0.4) is 0 Å². The average molecular weight is 995 g/mol. The number of phosphoric acid groups is 1. The van der Waals surface area contributed by atoms with Gasteiger partial charge in [-0.15, -0.1) is 0 Å². The number of phosphoric ester groups is 1. The molecule has 3 unspecified atom stereocenters. The molecule has 0 saturated carbocycles. The molecule has 0 aliphatic carbocycles. The fraction of sp³-hybridized carbons (Fsp3) is 0.883. The fourth-order valence-electron chi connectivity index (χ4n) is 8.90. The number of aliphatic hydroxyl groups is 1. The van der Waals surface area contributed by atoms with Gasteiger partial charge in [-0.05, 0) is 51.4 Å². The predicted octanol–water partition coefficient (Wildman–Crippen LogP) is 18.2. The number of carbonyl (C=O) groups excluding carboxylic acids is 1. The van der Waals surface area contributed by atoms with Crippen molar-refractivity contribution in [1.82, 2.24) is 5.32 Å². The molecular formula is C60H118N2O6P+. The summed E-state index contributed by atoms with van der Waals surface area (Å²) >= 11 is 0. The van der Waals surface area contributed by atoms with Crippen LogP contribution in [0.5, 0.6) is 0 Å². The van der Waals surface area contributed by atoms with E-state index < -0.39 is 20.0 Å². The number of quaternary nitrogens is 1. The summed E-state index contributed by atoms with van der Waals surface area (Å²) in [4.78, 5) is 23.3. The van der Waals surface area contributed by atoms with E-state index in [9.17, 15) is 19.4 Å². The van der Waals surface area contributed by atoms with E-state index in [1.807, 2.05) is 27.2 Å². The molecule has 0 radical (unpaired) electrons. The number of hydrogen-bond donors (Lipinski definition) is 3. The number of hydrogen-bond acceptors (Lipinski definition) is 5. The summed E-state index contributed by atoms with van der Waals surface area (Å²) in [7, 11) is 1.58. The maximum Gasteiger partial charge on any atom is 0.472 e. The Kier molecular flexibility index (Phi) is 50.7. The molecule has 0 bridgehead atoms. The number of unbranched alkanes of at least 4 members (excludes halogenated alkanes) is 38. The highest BCUT2D eigenvalue weighted by molar-refractivity contribution is 7.47. The summed E-state index contributed by atoms with van der Waals surface area (Å²) < 4.78 is 23.7. The Morgan fingerprint density at radius 3 is 1.19 bits per heavy atom. The molecule has 0 spiro atoms. The zero-order chi connectivity index (χ0) is 50.6. The molecule has 0 aromatic heterocycles. The van der Waals surface area contributed by atoms with Gasteiger partial charge in [-0.3, -0.25) is 13.8 Å². The van der Waals surface area contributed by atoms with E-state index in [2.05, 4.69) is 43.5 Å². The van der Waals surface area contributed by atoms with Crippen molar-refractivity contribution in [2.75, 3.05) is 40.9 Å². The summed E-state index contributed by atoms with van der Waals surface area (Å²) in [5.41, 5.74) is 0. The van der Waals surface area contributed by atoms with Crippen molar-refractivity contribution < 1.29 is 32.9 Å². The van der Waals surface area contributed by atoms with Crippen molar-refractivity contribution in [3.05, 3.63) is 36.5 Å². The third-order valence-corrected chi connectivity index (χ3v) is 14.6. The van der Waals surface area contributed by atoms with Gasteiger partial charge in [0.25, 0.3) is 0 Å². The summed E-state index contributed by atoms with van der Waals surface area (Å²) in [5.74, 6) is -0.174. The van der Waals surface area contributed by atoms with Gasteiger partial charge in [0.2, 0.25) is 5.91 Å². The Bertz CT molecular complexity index is 1220. The highest BCUT2D eigenvalue weighted by Crippen LogP contribution is 2.43. The van der Waals surface area contributed by atoms with Crippen LogP contribution in [0.2, 0.25) is 0 Å². The SMILES string of the molecule is CCCCCCC/C=C\C/C=C\CCCCCCCCCCCCCCCC(=O)NC(COP(=O)(O)OCC[N+](C)(C)C)C(O)/C=C/CCCCCCCCCCCCCCCCCCCCCC. The van der Waals surface area contributed by atoms with Crippen LogP contribution in [0, 0.1) is 0 Å². The van der Waals surface area contributed by atoms with Crippen molar-refractivity contribution >= 4 is 13.7 Å². The third kappa shape index (κ3) is 54.3. The van der Waals surface area contributed by atoms with Crippen LogP contribution in [0.4, 0.5) is 0 Å². The number of carbonyl (C=O) groups is 1. The molecule has 0 heterocycles. The first-order valence-corrected chi connectivity index (χ1v) is 31.4. The van der Waals surface area contributed by atoms with E-state index in [0.717, 1.165) is 44.9 Å². The standard InChI is InChI=1S/C60H117N2O6P/c1-6-8-10-12-14-16-18-20-22-24-26-28-30-31-32-34-36-38-40-42-44-46-48-50-52-54-60(64)61-58(57-68-69(65,66)67-56-55-62(3,4)5)59(63)53-51-49-47-45-43-41-39-37-35-33-29-27-25-23-21-19-17-15-13-11-9-7-2/h18,20,24,26,51,53,58-59,63H,6-17,19,21-23,25,27-50,52,54-57H2,1-5H3,(H-,61,64,65,66)/p+1/b20-18-,26-24-,53-51+. The van der Waals surface area contributed by atoms with Gasteiger partial charge in [-0.25, -0.2) is 4.57 Å². The van der Waals surface area contributed by atoms with Crippen LogP contribution in [0.25, 0.3) is 0 Å². The number of aliphatic hydroxyl groups excluding tert-OH is 1. The molecule has 0 aliphatic rings. The average Bonchev–Trinajstić information content (AvgIpc) is 3.31. The molecule has 0 aliphatic heterocycles. The number of allylic oxidation sites excluding steroid dienone is 5. The van der Waals surface area contributed by atoms with E-state index in [1.54, 1.807) is 6.08 Å². The summed E-state index contributed by atoms with van der Waals surface area (Å²) in [6.07, 6.45) is 66.7. The van der Waals surface area contributed by atoms with E-state index in [0.29, 0.717) is 17.4 Å². The van der Waals surface area contributed by atoms with Crippen molar-refractivity contribution in [3.8, 4) is 0 Å². The van der Waals surface area contributed by atoms with Gasteiger partial charge in [-0.1, -0.05) is 269 Å². The lowest BCUT2D eigenvalue weighted by atomic mass is 10.0. The summed E-state index contributed by atoms with van der Waals surface area (Å²) in [5, 5.41) is 14.0. The zero-order valence-electron chi connectivity index (χ0n) is 46.6. The monoisotopic (exact) mass is 994 g/mol. The lowest BCUT2D eigenvalue weighted by molar-refractivity contribution is -0.870. The maximum atomic E-state index is 13.0. The number of nitrogens with zero attached hydrogens (tertiary/aromatic N) is 1. The minimum Gasteiger partial charge on any atom is -0.387 e. The minimum atomic E-state index is -4.35. The second kappa shape index (κ2) is 51.6. The van der Waals surface area contributed by atoms with E-state index in [1.165, 1.54) is 225 Å². The van der Waals surface area contributed by atoms with Crippen molar-refractivity contribution in [1.29, 1.82) is 0 Å². The molecule has 8 nitrogen and oxygen atoms in total. The molecule has 9 heteroatoms. The highest BCUT2D eigenvalue weighted by Gasteiger charge is 2.27. The summed E-state index contributed by atoms with van der Waals surface area (Å²) in [6, 6.07) is -0.847. The molecule has 3 atom stereocenters. The third-order valence-electron chi connectivity index (χ3n) is 13.6. The normalized spacial score (nSPS) is 14.1. The van der Waals surface area contributed by atoms with Crippen LogP contribution < -0.4 is 5.32 Å². The Hall–Kier alpha value is -1.28. The van der Waals surface area contributed by atoms with Gasteiger partial charge in [0.1, 0.15) is 13.2 Å². The first kappa shape index (κ1) is 67.7. The van der Waals surface area contributed by atoms with E-state index in [4.69, 9.17) is 9.05 Å². The Balaban J connectivity index is 4.18. The van der Waals surface area contributed by atoms with Crippen molar-refractivity contribution in [2.45, 2.75) is 302 Å². The first-order chi connectivity index (χ1) is 33.5. The van der Waals surface area contributed by atoms with Crippen LogP contribution in [-0.2, 0) is 18.4 Å². The molecule has 0 aromatic rings. The highest BCUT2D eigenvalue weighted by atomic mass is 31.2. The van der Waals surface area contributed by atoms with Crippen LogP contribution in [-0.4, -0.2) is 73.4 Å².